The third kappa shape index (κ3) is 4.25. The van der Waals surface area contributed by atoms with Gasteiger partial charge in [-0.25, -0.2) is 4.98 Å². The summed E-state index contributed by atoms with van der Waals surface area (Å²) in [5.74, 6) is 0.783. The number of fused-ring (bicyclic) bond motifs is 3. The third-order valence-electron chi connectivity index (χ3n) is 6.73. The number of likely N-dealkylation sites (N-methyl/N-ethyl adjacent to an activating group) is 1. The van der Waals surface area contributed by atoms with Gasteiger partial charge in [-0.3, -0.25) is 19.1 Å². The number of likely N-dealkylation sites (tertiary alicyclic amines) is 1. The summed E-state index contributed by atoms with van der Waals surface area (Å²) in [4.78, 5) is 38.4. The molecule has 7 nitrogen and oxygen atoms in total. The van der Waals surface area contributed by atoms with E-state index < -0.39 is 0 Å². The molecule has 4 heterocycles. The molecule has 5 rings (SSSR count). The van der Waals surface area contributed by atoms with E-state index in [1.54, 1.807) is 23.0 Å². The van der Waals surface area contributed by atoms with Crippen LogP contribution in [0.2, 0.25) is 0 Å². The van der Waals surface area contributed by atoms with E-state index in [2.05, 4.69) is 11.8 Å². The predicted molar refractivity (Wildman–Crippen MR) is 138 cm³/mol. The molecule has 2 aromatic heterocycles. The summed E-state index contributed by atoms with van der Waals surface area (Å²) in [5, 5.41) is 0.947. The van der Waals surface area contributed by atoms with Crippen LogP contribution < -0.4 is 10.3 Å². The van der Waals surface area contributed by atoms with Crippen LogP contribution >= 0.6 is 23.1 Å². The lowest BCUT2D eigenvalue weighted by atomic mass is 10.1. The molecule has 1 unspecified atom stereocenters. The molecule has 1 saturated heterocycles. The normalized spacial score (nSPS) is 17.2. The monoisotopic (exact) mass is 498 g/mol. The van der Waals surface area contributed by atoms with Crippen LogP contribution in [0.15, 0.2) is 34.2 Å². The minimum Gasteiger partial charge on any atom is -0.497 e. The van der Waals surface area contributed by atoms with Crippen LogP contribution in [-0.2, 0) is 17.8 Å². The number of carbonyl (C=O) groups excluding carboxylic acids is 1. The average molecular weight is 499 g/mol. The number of aromatic nitrogens is 2. The van der Waals surface area contributed by atoms with E-state index in [4.69, 9.17) is 9.72 Å². The van der Waals surface area contributed by atoms with Crippen molar-refractivity contribution in [3.05, 3.63) is 45.1 Å². The number of ether oxygens (including phenoxy) is 1. The predicted octanol–water partition coefficient (Wildman–Crippen LogP) is 3.94. The Labute approximate surface area is 207 Å². The molecule has 2 aliphatic rings. The Balaban J connectivity index is 1.63. The summed E-state index contributed by atoms with van der Waals surface area (Å²) in [7, 11) is 1.62. The lowest BCUT2D eigenvalue weighted by Gasteiger charge is -2.25. The van der Waals surface area contributed by atoms with Crippen LogP contribution in [0.1, 0.15) is 37.1 Å². The molecule has 2 aliphatic heterocycles. The maximum absolute atomic E-state index is 14.0. The maximum atomic E-state index is 14.0. The number of carbonyl (C=O) groups is 1. The molecule has 0 spiro atoms. The molecule has 3 aromatic rings. The summed E-state index contributed by atoms with van der Waals surface area (Å²) in [5.41, 5.74) is 1.77. The number of thioether (sulfide) groups is 1. The summed E-state index contributed by atoms with van der Waals surface area (Å²) in [6, 6.07) is 7.48. The van der Waals surface area contributed by atoms with Crippen LogP contribution in [0.25, 0.3) is 15.9 Å². The van der Waals surface area contributed by atoms with Crippen molar-refractivity contribution in [1.29, 1.82) is 0 Å². The number of methoxy groups -OCH3 is 1. The van der Waals surface area contributed by atoms with E-state index >= 15 is 0 Å². The fourth-order valence-electron chi connectivity index (χ4n) is 4.81. The van der Waals surface area contributed by atoms with Crippen molar-refractivity contribution in [2.75, 3.05) is 33.3 Å². The first-order chi connectivity index (χ1) is 16.5. The highest BCUT2D eigenvalue weighted by Crippen LogP contribution is 2.35. The van der Waals surface area contributed by atoms with Crippen LogP contribution in [0, 0.1) is 0 Å². The lowest BCUT2D eigenvalue weighted by molar-refractivity contribution is -0.129. The van der Waals surface area contributed by atoms with Crippen molar-refractivity contribution in [2.24, 2.45) is 0 Å². The first-order valence-corrected chi connectivity index (χ1v) is 13.6. The number of amides is 1. The topological polar surface area (TPSA) is 67.7 Å². The van der Waals surface area contributed by atoms with Crippen molar-refractivity contribution in [3.8, 4) is 11.4 Å². The van der Waals surface area contributed by atoms with Crippen LogP contribution in [0.3, 0.4) is 0 Å². The molecule has 0 N–H and O–H groups in total. The minimum atomic E-state index is -0.329. The Morgan fingerprint density at radius 2 is 2.06 bits per heavy atom. The van der Waals surface area contributed by atoms with Gasteiger partial charge in [0.25, 0.3) is 5.56 Å². The highest BCUT2D eigenvalue weighted by atomic mass is 32.2. The second-order valence-corrected chi connectivity index (χ2v) is 11.2. The van der Waals surface area contributed by atoms with Gasteiger partial charge in [-0.1, -0.05) is 24.8 Å². The van der Waals surface area contributed by atoms with Crippen molar-refractivity contribution in [1.82, 2.24) is 19.4 Å². The number of benzene rings is 1. The molecule has 0 bridgehead atoms. The molecule has 180 valence electrons. The largest absolute Gasteiger partial charge is 0.497 e. The zero-order chi connectivity index (χ0) is 23.8. The Kier molecular flexibility index (Phi) is 6.68. The lowest BCUT2D eigenvalue weighted by Crippen LogP contribution is -2.34. The van der Waals surface area contributed by atoms with E-state index in [0.717, 1.165) is 67.8 Å². The molecule has 1 aromatic carbocycles. The first-order valence-electron chi connectivity index (χ1n) is 11.9. The summed E-state index contributed by atoms with van der Waals surface area (Å²) in [6.07, 6.45) is 2.96. The Morgan fingerprint density at radius 3 is 2.79 bits per heavy atom. The zero-order valence-electron chi connectivity index (χ0n) is 19.9. The molecule has 9 heteroatoms. The number of thiophene rings is 1. The van der Waals surface area contributed by atoms with Gasteiger partial charge in [0.05, 0.1) is 23.4 Å². The van der Waals surface area contributed by atoms with Gasteiger partial charge in [0, 0.05) is 37.1 Å². The molecule has 0 saturated carbocycles. The minimum absolute atomic E-state index is 0.0657. The van der Waals surface area contributed by atoms with Gasteiger partial charge in [-0.15, -0.1) is 11.3 Å². The maximum Gasteiger partial charge on any atom is 0.267 e. The van der Waals surface area contributed by atoms with E-state index in [1.165, 1.54) is 16.6 Å². The third-order valence-corrected chi connectivity index (χ3v) is 8.88. The van der Waals surface area contributed by atoms with Gasteiger partial charge in [0.2, 0.25) is 5.91 Å². The van der Waals surface area contributed by atoms with Gasteiger partial charge in [-0.2, -0.15) is 0 Å². The Morgan fingerprint density at radius 1 is 1.26 bits per heavy atom. The summed E-state index contributed by atoms with van der Waals surface area (Å²) in [6.45, 7) is 8.50. The van der Waals surface area contributed by atoms with E-state index in [1.807, 2.05) is 36.1 Å². The van der Waals surface area contributed by atoms with Gasteiger partial charge in [0.15, 0.2) is 5.16 Å². The SMILES string of the molecule is CCN1CCc2c(sc3nc(SC(C)C(=O)N4CCCC4)n(-c4cccc(OC)c4)c(=O)c23)C1. The van der Waals surface area contributed by atoms with Crippen molar-refractivity contribution < 1.29 is 9.53 Å². The number of nitrogens with zero attached hydrogens (tertiary/aromatic N) is 4. The highest BCUT2D eigenvalue weighted by Gasteiger charge is 2.29. The number of rotatable bonds is 6. The fraction of sp³-hybridized carbons (Fsp3) is 0.480. The molecular weight excluding hydrogens is 468 g/mol. The van der Waals surface area contributed by atoms with Gasteiger partial charge in [-0.05, 0) is 50.4 Å². The molecule has 1 atom stereocenters. The number of hydrogen-bond donors (Lipinski definition) is 0. The van der Waals surface area contributed by atoms with E-state index in [9.17, 15) is 9.59 Å². The summed E-state index contributed by atoms with van der Waals surface area (Å²) >= 11 is 2.99. The van der Waals surface area contributed by atoms with Crippen molar-refractivity contribution in [3.63, 3.8) is 0 Å². The zero-order valence-corrected chi connectivity index (χ0v) is 21.5. The average Bonchev–Trinajstić information content (AvgIpc) is 3.51. The fourth-order valence-corrected chi connectivity index (χ4v) is 7.12. The van der Waals surface area contributed by atoms with E-state index in [-0.39, 0.29) is 16.7 Å². The molecule has 1 fully saturated rings. The molecule has 0 radical (unpaired) electrons. The molecule has 34 heavy (non-hydrogen) atoms. The van der Waals surface area contributed by atoms with Crippen LogP contribution in [0.4, 0.5) is 0 Å². The van der Waals surface area contributed by atoms with Crippen LogP contribution in [0.5, 0.6) is 5.75 Å². The molecule has 0 aliphatic carbocycles. The molecule has 1 amide bonds. The van der Waals surface area contributed by atoms with Crippen molar-refractivity contribution in [2.45, 2.75) is 50.1 Å². The Hall–Kier alpha value is -2.36. The quantitative estimate of drug-likeness (QED) is 0.379. The van der Waals surface area contributed by atoms with Crippen molar-refractivity contribution >= 4 is 39.2 Å². The smallest absolute Gasteiger partial charge is 0.267 e. The second-order valence-electron chi connectivity index (χ2n) is 8.83. The number of hydrogen-bond acceptors (Lipinski definition) is 7. The molecular formula is C25H30N4O3S2. The van der Waals surface area contributed by atoms with Crippen LogP contribution in [-0.4, -0.2) is 63.8 Å². The first kappa shape index (κ1) is 23.4. The second kappa shape index (κ2) is 9.71. The highest BCUT2D eigenvalue weighted by molar-refractivity contribution is 8.00. The summed E-state index contributed by atoms with van der Waals surface area (Å²) < 4.78 is 7.09. The van der Waals surface area contributed by atoms with Gasteiger partial charge < -0.3 is 9.64 Å². The van der Waals surface area contributed by atoms with Gasteiger partial charge in [0.1, 0.15) is 10.6 Å². The Bertz CT molecular complexity index is 1280. The standard InChI is InChI=1S/C25H30N4O3S2/c1-4-27-13-10-19-20(15-27)34-22-21(19)24(31)29(17-8-7-9-18(14-17)32-3)25(26-22)33-16(2)23(30)28-11-5-6-12-28/h7-9,14,16H,4-6,10-13,15H2,1-3H3. The van der Waals surface area contributed by atoms with Gasteiger partial charge >= 0.3 is 0 Å². The van der Waals surface area contributed by atoms with E-state index in [0.29, 0.717) is 16.6 Å².